The Labute approximate surface area is 118 Å². The van der Waals surface area contributed by atoms with Crippen LogP contribution in [0.3, 0.4) is 0 Å². The number of halogens is 1. The summed E-state index contributed by atoms with van der Waals surface area (Å²) in [5, 5.41) is 4.04. The van der Waals surface area contributed by atoms with Crippen molar-refractivity contribution in [3.63, 3.8) is 0 Å². The number of rotatable bonds is 6. The van der Waals surface area contributed by atoms with E-state index in [1.165, 1.54) is 6.07 Å². The minimum absolute atomic E-state index is 0.0663. The van der Waals surface area contributed by atoms with Gasteiger partial charge in [0, 0.05) is 24.8 Å². The summed E-state index contributed by atoms with van der Waals surface area (Å²) in [5.41, 5.74) is 7.67. The predicted octanol–water partition coefficient (Wildman–Crippen LogP) is 2.42. The maximum atomic E-state index is 13.9. The van der Waals surface area contributed by atoms with Gasteiger partial charge >= 0.3 is 0 Å². The van der Waals surface area contributed by atoms with Crippen molar-refractivity contribution in [2.45, 2.75) is 32.4 Å². The van der Waals surface area contributed by atoms with Gasteiger partial charge in [-0.15, -0.1) is 0 Å². The second kappa shape index (κ2) is 6.52. The van der Waals surface area contributed by atoms with Gasteiger partial charge in [0.25, 0.3) is 0 Å². The van der Waals surface area contributed by atoms with Crippen LogP contribution in [0.25, 0.3) is 0 Å². The van der Waals surface area contributed by atoms with Gasteiger partial charge in [-0.3, -0.25) is 4.68 Å². The molecule has 1 heterocycles. The molecule has 0 amide bonds. The van der Waals surface area contributed by atoms with Gasteiger partial charge in [0.15, 0.2) is 11.6 Å². The maximum absolute atomic E-state index is 13.9. The first-order chi connectivity index (χ1) is 9.58. The molecule has 1 aromatic carbocycles. The molecule has 0 bridgehead atoms. The fourth-order valence-corrected chi connectivity index (χ4v) is 1.94. The van der Waals surface area contributed by atoms with Crippen molar-refractivity contribution in [1.82, 2.24) is 9.78 Å². The van der Waals surface area contributed by atoms with E-state index in [0.717, 1.165) is 17.5 Å². The van der Waals surface area contributed by atoms with Gasteiger partial charge in [0.2, 0.25) is 0 Å². The highest BCUT2D eigenvalue weighted by Gasteiger charge is 2.08. The van der Waals surface area contributed by atoms with E-state index in [9.17, 15) is 4.39 Å². The molecular weight excluding hydrogens is 257 g/mol. The van der Waals surface area contributed by atoms with E-state index in [1.54, 1.807) is 16.9 Å². The Morgan fingerprint density at radius 2 is 2.20 bits per heavy atom. The quantitative estimate of drug-likeness (QED) is 0.882. The average Bonchev–Trinajstić information content (AvgIpc) is 2.83. The van der Waals surface area contributed by atoms with Gasteiger partial charge in [-0.25, -0.2) is 4.39 Å². The Morgan fingerprint density at radius 1 is 1.40 bits per heavy atom. The molecule has 0 aliphatic rings. The summed E-state index contributed by atoms with van der Waals surface area (Å²) in [4.78, 5) is 0. The number of hydrogen-bond donors (Lipinski definition) is 1. The van der Waals surface area contributed by atoms with E-state index in [-0.39, 0.29) is 17.6 Å². The Kier molecular flexibility index (Phi) is 4.74. The van der Waals surface area contributed by atoms with Crippen molar-refractivity contribution in [1.29, 1.82) is 0 Å². The largest absolute Gasteiger partial charge is 0.486 e. The monoisotopic (exact) mass is 277 g/mol. The van der Waals surface area contributed by atoms with Crippen LogP contribution in [0.15, 0.2) is 30.6 Å². The highest BCUT2D eigenvalue weighted by Crippen LogP contribution is 2.20. The Morgan fingerprint density at radius 3 is 2.80 bits per heavy atom. The lowest BCUT2D eigenvalue weighted by Crippen LogP contribution is -2.21. The Hall–Kier alpha value is -1.88. The van der Waals surface area contributed by atoms with Crippen molar-refractivity contribution in [3.8, 4) is 5.75 Å². The van der Waals surface area contributed by atoms with Crippen LogP contribution in [0.4, 0.5) is 4.39 Å². The SMILES string of the molecule is CCC(N)Cc1ccc(OCc2cnn(C)c2)c(F)c1. The zero-order valence-electron chi connectivity index (χ0n) is 11.8. The minimum atomic E-state index is -0.352. The number of ether oxygens (including phenoxy) is 1. The van der Waals surface area contributed by atoms with Crippen LogP contribution in [0, 0.1) is 5.82 Å². The third-order valence-electron chi connectivity index (χ3n) is 3.17. The van der Waals surface area contributed by atoms with Crippen LogP contribution in [-0.4, -0.2) is 15.8 Å². The molecule has 5 heteroatoms. The molecule has 0 spiro atoms. The third kappa shape index (κ3) is 3.81. The Bertz CT molecular complexity index is 568. The third-order valence-corrected chi connectivity index (χ3v) is 3.17. The molecule has 0 radical (unpaired) electrons. The van der Waals surface area contributed by atoms with Gasteiger partial charge in [-0.2, -0.15) is 5.10 Å². The molecule has 1 unspecified atom stereocenters. The molecule has 2 rings (SSSR count). The normalized spacial score (nSPS) is 12.4. The van der Waals surface area contributed by atoms with Crippen LogP contribution in [0.5, 0.6) is 5.75 Å². The number of hydrogen-bond acceptors (Lipinski definition) is 3. The number of aryl methyl sites for hydroxylation is 1. The van der Waals surface area contributed by atoms with Crippen molar-refractivity contribution >= 4 is 0 Å². The zero-order chi connectivity index (χ0) is 14.5. The smallest absolute Gasteiger partial charge is 0.165 e. The van der Waals surface area contributed by atoms with Crippen molar-refractivity contribution < 1.29 is 9.13 Å². The molecule has 1 atom stereocenters. The predicted molar refractivity (Wildman–Crippen MR) is 75.9 cm³/mol. The summed E-state index contributed by atoms with van der Waals surface area (Å²) in [5.74, 6) is -0.0997. The second-order valence-corrected chi connectivity index (χ2v) is 4.95. The van der Waals surface area contributed by atoms with Crippen molar-refractivity contribution in [2.75, 3.05) is 0 Å². The van der Waals surface area contributed by atoms with Crippen LogP contribution >= 0.6 is 0 Å². The van der Waals surface area contributed by atoms with Gasteiger partial charge in [0.1, 0.15) is 6.61 Å². The van der Waals surface area contributed by atoms with Gasteiger partial charge in [0.05, 0.1) is 6.20 Å². The molecule has 0 saturated heterocycles. The molecule has 2 aromatic rings. The van der Waals surface area contributed by atoms with Crippen molar-refractivity contribution in [3.05, 3.63) is 47.5 Å². The van der Waals surface area contributed by atoms with Crippen LogP contribution < -0.4 is 10.5 Å². The molecule has 4 nitrogen and oxygen atoms in total. The van der Waals surface area contributed by atoms with E-state index in [2.05, 4.69) is 5.10 Å². The Balaban J connectivity index is 1.98. The zero-order valence-corrected chi connectivity index (χ0v) is 11.8. The molecule has 0 aliphatic heterocycles. The fourth-order valence-electron chi connectivity index (χ4n) is 1.94. The highest BCUT2D eigenvalue weighted by atomic mass is 19.1. The molecule has 0 aliphatic carbocycles. The lowest BCUT2D eigenvalue weighted by atomic mass is 10.0. The molecule has 0 saturated carbocycles. The molecule has 20 heavy (non-hydrogen) atoms. The van der Waals surface area contributed by atoms with Gasteiger partial charge < -0.3 is 10.5 Å². The van der Waals surface area contributed by atoms with E-state index < -0.39 is 0 Å². The summed E-state index contributed by atoms with van der Waals surface area (Å²) >= 11 is 0. The van der Waals surface area contributed by atoms with Gasteiger partial charge in [-0.05, 0) is 30.5 Å². The second-order valence-electron chi connectivity index (χ2n) is 4.95. The van der Waals surface area contributed by atoms with E-state index >= 15 is 0 Å². The fraction of sp³-hybridized carbons (Fsp3) is 0.400. The number of nitrogens with zero attached hydrogens (tertiary/aromatic N) is 2. The van der Waals surface area contributed by atoms with E-state index in [1.807, 2.05) is 26.2 Å². The van der Waals surface area contributed by atoms with E-state index in [0.29, 0.717) is 13.0 Å². The van der Waals surface area contributed by atoms with Crippen LogP contribution in [0.2, 0.25) is 0 Å². The number of nitrogens with two attached hydrogens (primary N) is 1. The highest BCUT2D eigenvalue weighted by molar-refractivity contribution is 5.30. The van der Waals surface area contributed by atoms with Crippen LogP contribution in [0.1, 0.15) is 24.5 Å². The van der Waals surface area contributed by atoms with Crippen LogP contribution in [-0.2, 0) is 20.1 Å². The number of aromatic nitrogens is 2. The average molecular weight is 277 g/mol. The van der Waals surface area contributed by atoms with Crippen molar-refractivity contribution in [2.24, 2.45) is 12.8 Å². The summed E-state index contributed by atoms with van der Waals surface area (Å²) in [7, 11) is 1.83. The summed E-state index contributed by atoms with van der Waals surface area (Å²) in [6.45, 7) is 2.32. The molecule has 0 fully saturated rings. The standard InChI is InChI=1S/C15H20FN3O/c1-3-13(17)6-11-4-5-15(14(16)7-11)20-10-12-8-18-19(2)9-12/h4-5,7-9,13H,3,6,10,17H2,1-2H3. The topological polar surface area (TPSA) is 53.1 Å². The lowest BCUT2D eigenvalue weighted by Gasteiger charge is -2.11. The molecule has 108 valence electrons. The summed E-state index contributed by atoms with van der Waals surface area (Å²) < 4.78 is 21.1. The first-order valence-electron chi connectivity index (χ1n) is 6.72. The maximum Gasteiger partial charge on any atom is 0.165 e. The van der Waals surface area contributed by atoms with E-state index in [4.69, 9.17) is 10.5 Å². The first kappa shape index (κ1) is 14.5. The lowest BCUT2D eigenvalue weighted by molar-refractivity contribution is 0.290. The van der Waals surface area contributed by atoms with Gasteiger partial charge in [-0.1, -0.05) is 13.0 Å². The summed E-state index contributed by atoms with van der Waals surface area (Å²) in [6, 6.07) is 5.07. The molecule has 2 N–H and O–H groups in total. The first-order valence-corrected chi connectivity index (χ1v) is 6.72. The number of benzene rings is 1. The molecular formula is C15H20FN3O. The minimum Gasteiger partial charge on any atom is -0.486 e. The summed E-state index contributed by atoms with van der Waals surface area (Å²) in [6.07, 6.45) is 5.09. The molecule has 1 aromatic heterocycles.